The average Bonchev–Trinajstić information content (AvgIpc) is 2.77. The van der Waals surface area contributed by atoms with E-state index < -0.39 is 12.1 Å². The number of urea groups is 1. The standard InChI is InChI=1S/C9H16N2O4S/c1-11(6-2-3-16-5-6)9(15)10-4-7(12)8(13)14/h6-7,12H,2-5H2,1H3,(H,10,15)(H,13,14)/t6?,7-/m0/s1. The number of aliphatic carboxylic acids is 1. The van der Waals surface area contributed by atoms with E-state index in [-0.39, 0.29) is 18.6 Å². The summed E-state index contributed by atoms with van der Waals surface area (Å²) in [5.41, 5.74) is 0. The SMILES string of the molecule is CN(C(=O)NC[C@H](O)C(=O)O)C1CCSC1. The fourth-order valence-electron chi connectivity index (χ4n) is 1.39. The lowest BCUT2D eigenvalue weighted by molar-refractivity contribution is -0.146. The van der Waals surface area contributed by atoms with Gasteiger partial charge in [-0.05, 0) is 12.2 Å². The Bertz CT molecular complexity index is 268. The molecule has 0 aliphatic carbocycles. The van der Waals surface area contributed by atoms with Gasteiger partial charge in [-0.15, -0.1) is 0 Å². The van der Waals surface area contributed by atoms with Crippen LogP contribution in [0.2, 0.25) is 0 Å². The first-order valence-electron chi connectivity index (χ1n) is 5.01. The average molecular weight is 248 g/mol. The van der Waals surface area contributed by atoms with Gasteiger partial charge >= 0.3 is 12.0 Å². The molecule has 0 spiro atoms. The number of carbonyl (C=O) groups is 2. The Hall–Kier alpha value is -0.950. The van der Waals surface area contributed by atoms with Crippen molar-refractivity contribution in [2.75, 3.05) is 25.1 Å². The van der Waals surface area contributed by atoms with E-state index in [1.807, 2.05) is 0 Å². The van der Waals surface area contributed by atoms with Gasteiger partial charge in [-0.2, -0.15) is 11.8 Å². The molecular formula is C9H16N2O4S. The van der Waals surface area contributed by atoms with E-state index in [9.17, 15) is 9.59 Å². The molecule has 0 aromatic carbocycles. The van der Waals surface area contributed by atoms with E-state index in [0.29, 0.717) is 0 Å². The predicted octanol–water partition coefficient (Wildman–Crippen LogP) is -0.421. The highest BCUT2D eigenvalue weighted by Gasteiger charge is 2.24. The summed E-state index contributed by atoms with van der Waals surface area (Å²) in [5.74, 6) is 0.616. The smallest absolute Gasteiger partial charge is 0.334 e. The molecule has 3 N–H and O–H groups in total. The Kier molecular flexibility index (Phi) is 4.88. The van der Waals surface area contributed by atoms with Crippen LogP contribution in [0.25, 0.3) is 0 Å². The van der Waals surface area contributed by atoms with Gasteiger partial charge in [0.15, 0.2) is 6.10 Å². The maximum atomic E-state index is 11.6. The predicted molar refractivity (Wildman–Crippen MR) is 60.5 cm³/mol. The number of hydrogen-bond acceptors (Lipinski definition) is 4. The molecule has 1 rings (SSSR count). The van der Waals surface area contributed by atoms with Crippen molar-refractivity contribution < 1.29 is 19.8 Å². The lowest BCUT2D eigenvalue weighted by Crippen LogP contribution is -2.46. The minimum atomic E-state index is -1.55. The number of rotatable bonds is 4. The highest BCUT2D eigenvalue weighted by atomic mass is 32.2. The van der Waals surface area contributed by atoms with E-state index >= 15 is 0 Å². The molecule has 2 amide bonds. The van der Waals surface area contributed by atoms with Gasteiger partial charge < -0.3 is 20.4 Å². The molecule has 92 valence electrons. The molecule has 2 atom stereocenters. The van der Waals surface area contributed by atoms with E-state index in [0.717, 1.165) is 17.9 Å². The first kappa shape index (κ1) is 13.1. The summed E-state index contributed by atoms with van der Waals surface area (Å²) >= 11 is 1.79. The zero-order valence-corrected chi connectivity index (χ0v) is 9.87. The number of carboxylic acid groups (broad SMARTS) is 1. The maximum absolute atomic E-state index is 11.6. The van der Waals surface area contributed by atoms with Crippen LogP contribution in [-0.2, 0) is 4.79 Å². The van der Waals surface area contributed by atoms with Crippen molar-refractivity contribution in [3.05, 3.63) is 0 Å². The lowest BCUT2D eigenvalue weighted by Gasteiger charge is -2.24. The normalized spacial score (nSPS) is 21.5. The molecule has 0 aromatic rings. The largest absolute Gasteiger partial charge is 0.479 e. The van der Waals surface area contributed by atoms with Gasteiger partial charge in [0, 0.05) is 18.8 Å². The fraction of sp³-hybridized carbons (Fsp3) is 0.778. The van der Waals surface area contributed by atoms with Gasteiger partial charge in [-0.3, -0.25) is 0 Å². The van der Waals surface area contributed by atoms with Crippen LogP contribution in [0, 0.1) is 0 Å². The van der Waals surface area contributed by atoms with Gasteiger partial charge in [-0.1, -0.05) is 0 Å². The van der Waals surface area contributed by atoms with Crippen LogP contribution in [0.15, 0.2) is 0 Å². The van der Waals surface area contributed by atoms with Gasteiger partial charge in [0.1, 0.15) is 0 Å². The number of hydrogen-bond donors (Lipinski definition) is 3. The Balaban J connectivity index is 2.31. The lowest BCUT2D eigenvalue weighted by atomic mass is 10.2. The van der Waals surface area contributed by atoms with Gasteiger partial charge in [0.25, 0.3) is 0 Å². The molecule has 1 unspecified atom stereocenters. The van der Waals surface area contributed by atoms with Crippen molar-refractivity contribution in [1.82, 2.24) is 10.2 Å². The molecule has 1 aliphatic rings. The number of amides is 2. The Morgan fingerprint density at radius 1 is 1.62 bits per heavy atom. The third-order valence-corrected chi connectivity index (χ3v) is 3.65. The van der Waals surface area contributed by atoms with Crippen LogP contribution in [0.3, 0.4) is 0 Å². The Labute approximate surface area is 98.0 Å². The second kappa shape index (κ2) is 5.95. The Morgan fingerprint density at radius 2 is 2.31 bits per heavy atom. The molecule has 0 saturated carbocycles. The van der Waals surface area contributed by atoms with Crippen LogP contribution in [0.1, 0.15) is 6.42 Å². The van der Waals surface area contributed by atoms with Crippen molar-refractivity contribution in [1.29, 1.82) is 0 Å². The summed E-state index contributed by atoms with van der Waals surface area (Å²) in [6, 6.07) is -0.139. The zero-order valence-electron chi connectivity index (χ0n) is 9.05. The van der Waals surface area contributed by atoms with E-state index in [2.05, 4.69) is 5.32 Å². The molecule has 7 heteroatoms. The summed E-state index contributed by atoms with van der Waals surface area (Å²) in [7, 11) is 1.68. The zero-order chi connectivity index (χ0) is 12.1. The number of aliphatic hydroxyl groups is 1. The third kappa shape index (κ3) is 3.57. The molecule has 1 saturated heterocycles. The monoisotopic (exact) mass is 248 g/mol. The van der Waals surface area contributed by atoms with Crippen molar-refractivity contribution in [3.63, 3.8) is 0 Å². The van der Waals surface area contributed by atoms with Crippen LogP contribution in [0.5, 0.6) is 0 Å². The molecule has 1 fully saturated rings. The molecular weight excluding hydrogens is 232 g/mol. The molecule has 0 radical (unpaired) electrons. The van der Waals surface area contributed by atoms with E-state index in [4.69, 9.17) is 10.2 Å². The molecule has 16 heavy (non-hydrogen) atoms. The number of carboxylic acids is 1. The maximum Gasteiger partial charge on any atom is 0.334 e. The van der Waals surface area contributed by atoms with Crippen molar-refractivity contribution in [2.24, 2.45) is 0 Å². The number of carbonyl (C=O) groups excluding carboxylic acids is 1. The third-order valence-electron chi connectivity index (χ3n) is 2.51. The molecule has 6 nitrogen and oxygen atoms in total. The topological polar surface area (TPSA) is 89.9 Å². The van der Waals surface area contributed by atoms with Crippen LogP contribution in [0.4, 0.5) is 4.79 Å². The van der Waals surface area contributed by atoms with Crippen molar-refractivity contribution in [3.8, 4) is 0 Å². The van der Waals surface area contributed by atoms with Crippen LogP contribution < -0.4 is 5.32 Å². The minimum absolute atomic E-state index is 0.201. The molecule has 0 bridgehead atoms. The number of nitrogens with zero attached hydrogens (tertiary/aromatic N) is 1. The first-order valence-corrected chi connectivity index (χ1v) is 6.17. The second-order valence-corrected chi connectivity index (χ2v) is 4.82. The highest BCUT2D eigenvalue weighted by Crippen LogP contribution is 2.21. The summed E-state index contributed by atoms with van der Waals surface area (Å²) in [4.78, 5) is 23.4. The van der Waals surface area contributed by atoms with Crippen molar-refractivity contribution >= 4 is 23.8 Å². The van der Waals surface area contributed by atoms with E-state index in [1.165, 1.54) is 0 Å². The summed E-state index contributed by atoms with van der Waals surface area (Å²) in [5, 5.41) is 19.8. The summed E-state index contributed by atoms with van der Waals surface area (Å²) in [6.07, 6.45) is -0.592. The van der Waals surface area contributed by atoms with Crippen LogP contribution >= 0.6 is 11.8 Å². The molecule has 0 aromatic heterocycles. The van der Waals surface area contributed by atoms with Gasteiger partial charge in [-0.25, -0.2) is 9.59 Å². The van der Waals surface area contributed by atoms with Gasteiger partial charge in [0.2, 0.25) is 0 Å². The summed E-state index contributed by atoms with van der Waals surface area (Å²) in [6.45, 7) is -0.266. The highest BCUT2D eigenvalue weighted by molar-refractivity contribution is 7.99. The number of aliphatic hydroxyl groups excluding tert-OH is 1. The van der Waals surface area contributed by atoms with E-state index in [1.54, 1.807) is 23.7 Å². The second-order valence-electron chi connectivity index (χ2n) is 3.67. The fourth-order valence-corrected chi connectivity index (χ4v) is 2.66. The molecule has 1 heterocycles. The number of thioether (sulfide) groups is 1. The summed E-state index contributed by atoms with van der Waals surface area (Å²) < 4.78 is 0. The molecule has 1 aliphatic heterocycles. The quantitative estimate of drug-likeness (QED) is 0.628. The van der Waals surface area contributed by atoms with Crippen LogP contribution in [-0.4, -0.2) is 64.4 Å². The Morgan fingerprint density at radius 3 is 2.81 bits per heavy atom. The first-order chi connectivity index (χ1) is 7.52. The van der Waals surface area contributed by atoms with Gasteiger partial charge in [0.05, 0.1) is 6.54 Å². The number of nitrogens with one attached hydrogen (secondary N) is 1. The minimum Gasteiger partial charge on any atom is -0.479 e. The van der Waals surface area contributed by atoms with Crippen molar-refractivity contribution in [2.45, 2.75) is 18.6 Å².